The zero-order chi connectivity index (χ0) is 13.5. The number of halogens is 1. The predicted molar refractivity (Wildman–Crippen MR) is 69.2 cm³/mol. The summed E-state index contributed by atoms with van der Waals surface area (Å²) in [7, 11) is 1.57. The minimum atomic E-state index is -0.965. The summed E-state index contributed by atoms with van der Waals surface area (Å²) >= 11 is 5.97. The number of ether oxygens (including phenoxy) is 1. The van der Waals surface area contributed by atoms with Gasteiger partial charge >= 0.3 is 0 Å². The molecule has 1 aliphatic heterocycles. The highest BCUT2D eigenvalue weighted by Crippen LogP contribution is 2.41. The molecule has 0 aliphatic carbocycles. The second-order valence-electron chi connectivity index (χ2n) is 4.44. The number of ketones is 1. The molecular formula is C13H14ClNO3. The van der Waals surface area contributed by atoms with Gasteiger partial charge in [-0.2, -0.15) is 0 Å². The summed E-state index contributed by atoms with van der Waals surface area (Å²) < 4.78 is 5.05. The van der Waals surface area contributed by atoms with Gasteiger partial charge in [-0.1, -0.05) is 0 Å². The van der Waals surface area contributed by atoms with Gasteiger partial charge in [0.15, 0.2) is 5.78 Å². The molecule has 0 spiro atoms. The molecule has 2 atom stereocenters. The smallest absolute Gasteiger partial charge is 0.248 e. The van der Waals surface area contributed by atoms with Crippen LogP contribution >= 0.6 is 11.6 Å². The summed E-state index contributed by atoms with van der Waals surface area (Å²) in [6.07, 6.45) is 0. The Bertz CT molecular complexity index is 499. The summed E-state index contributed by atoms with van der Waals surface area (Å²) in [5.41, 5.74) is -0.317. The number of hydrogen-bond acceptors (Lipinski definition) is 3. The molecular weight excluding hydrogens is 254 g/mol. The minimum Gasteiger partial charge on any atom is -0.497 e. The van der Waals surface area contributed by atoms with E-state index in [1.165, 1.54) is 11.8 Å². The van der Waals surface area contributed by atoms with Crippen molar-refractivity contribution in [1.29, 1.82) is 0 Å². The predicted octanol–water partition coefficient (Wildman–Crippen LogP) is 2.00. The van der Waals surface area contributed by atoms with Gasteiger partial charge in [0.1, 0.15) is 16.7 Å². The van der Waals surface area contributed by atoms with Crippen LogP contribution in [-0.2, 0) is 9.59 Å². The van der Waals surface area contributed by atoms with Crippen LogP contribution in [0, 0.1) is 0 Å². The monoisotopic (exact) mass is 267 g/mol. The number of methoxy groups -OCH3 is 1. The lowest BCUT2D eigenvalue weighted by atomic mass is 9.81. The number of carbonyl (C=O) groups excluding carboxylic acids is 2. The molecule has 1 aromatic carbocycles. The number of hydrogen-bond donors (Lipinski definition) is 0. The molecule has 96 valence electrons. The van der Waals surface area contributed by atoms with E-state index in [1.54, 1.807) is 38.3 Å². The lowest BCUT2D eigenvalue weighted by Crippen LogP contribution is -2.74. The van der Waals surface area contributed by atoms with Gasteiger partial charge in [-0.05, 0) is 38.1 Å². The Balaban J connectivity index is 2.37. The quantitative estimate of drug-likeness (QED) is 0.622. The Morgan fingerprint density at radius 3 is 2.39 bits per heavy atom. The molecule has 0 aromatic heterocycles. The van der Waals surface area contributed by atoms with Crippen molar-refractivity contribution in [3.05, 3.63) is 24.3 Å². The number of alkyl halides is 1. The maximum atomic E-state index is 11.8. The van der Waals surface area contributed by atoms with E-state index < -0.39 is 10.9 Å². The van der Waals surface area contributed by atoms with Crippen molar-refractivity contribution in [3.63, 3.8) is 0 Å². The molecule has 1 amide bonds. The largest absolute Gasteiger partial charge is 0.497 e. The molecule has 1 heterocycles. The standard InChI is InChI=1S/C13H14ClNO3/c1-8(16)13(2)11(14)12(17)15(13)9-4-6-10(18-3)7-5-9/h4-7,11H,1-3H3. The van der Waals surface area contributed by atoms with Gasteiger partial charge in [0, 0.05) is 5.69 Å². The van der Waals surface area contributed by atoms with E-state index in [9.17, 15) is 9.59 Å². The number of Topliss-reactive ketones (excluding diaryl/α,β-unsaturated/α-hetero) is 1. The third kappa shape index (κ3) is 1.60. The minimum absolute atomic E-state index is 0.127. The Morgan fingerprint density at radius 1 is 1.39 bits per heavy atom. The van der Waals surface area contributed by atoms with Crippen LogP contribution in [-0.4, -0.2) is 29.7 Å². The van der Waals surface area contributed by atoms with Gasteiger partial charge in [-0.25, -0.2) is 0 Å². The van der Waals surface area contributed by atoms with Gasteiger partial charge in [-0.15, -0.1) is 11.6 Å². The van der Waals surface area contributed by atoms with Crippen LogP contribution in [0.15, 0.2) is 24.3 Å². The number of nitrogens with zero attached hydrogens (tertiary/aromatic N) is 1. The summed E-state index contributed by atoms with van der Waals surface area (Å²) in [5, 5.41) is -0.794. The van der Waals surface area contributed by atoms with Crippen LogP contribution < -0.4 is 9.64 Å². The van der Waals surface area contributed by atoms with Crippen molar-refractivity contribution in [2.24, 2.45) is 0 Å². The number of anilines is 1. The molecule has 1 saturated heterocycles. The molecule has 5 heteroatoms. The molecule has 0 N–H and O–H groups in total. The van der Waals surface area contributed by atoms with Crippen LogP contribution in [0.5, 0.6) is 5.75 Å². The van der Waals surface area contributed by atoms with E-state index in [4.69, 9.17) is 16.3 Å². The zero-order valence-corrected chi connectivity index (χ0v) is 11.2. The van der Waals surface area contributed by atoms with E-state index in [0.29, 0.717) is 11.4 Å². The second kappa shape index (κ2) is 4.28. The zero-order valence-electron chi connectivity index (χ0n) is 10.4. The van der Waals surface area contributed by atoms with Crippen LogP contribution in [0.1, 0.15) is 13.8 Å². The molecule has 1 fully saturated rings. The van der Waals surface area contributed by atoms with Gasteiger partial charge in [-0.3, -0.25) is 14.5 Å². The highest BCUT2D eigenvalue weighted by Gasteiger charge is 2.60. The van der Waals surface area contributed by atoms with Crippen molar-refractivity contribution in [2.75, 3.05) is 12.0 Å². The first-order chi connectivity index (χ1) is 8.42. The molecule has 0 saturated carbocycles. The van der Waals surface area contributed by atoms with Crippen LogP contribution in [0.4, 0.5) is 5.69 Å². The van der Waals surface area contributed by atoms with Crippen molar-refractivity contribution in [1.82, 2.24) is 0 Å². The van der Waals surface area contributed by atoms with Crippen LogP contribution in [0.2, 0.25) is 0 Å². The summed E-state index contributed by atoms with van der Waals surface area (Å²) in [5.74, 6) is 0.316. The molecule has 2 rings (SSSR count). The Hall–Kier alpha value is -1.55. The molecule has 18 heavy (non-hydrogen) atoms. The Morgan fingerprint density at radius 2 is 1.94 bits per heavy atom. The molecule has 0 bridgehead atoms. The Labute approximate surface area is 110 Å². The summed E-state index contributed by atoms with van der Waals surface area (Å²) in [6.45, 7) is 3.12. The van der Waals surface area contributed by atoms with E-state index >= 15 is 0 Å². The van der Waals surface area contributed by atoms with Gasteiger partial charge in [0.05, 0.1) is 7.11 Å². The van der Waals surface area contributed by atoms with Crippen LogP contribution in [0.25, 0.3) is 0 Å². The fraction of sp³-hybridized carbons (Fsp3) is 0.385. The van der Waals surface area contributed by atoms with Crippen molar-refractivity contribution in [3.8, 4) is 5.75 Å². The average Bonchev–Trinajstić information content (AvgIpc) is 2.38. The molecule has 1 aliphatic rings. The van der Waals surface area contributed by atoms with E-state index in [1.807, 2.05) is 0 Å². The van der Waals surface area contributed by atoms with E-state index in [0.717, 1.165) is 0 Å². The summed E-state index contributed by atoms with van der Waals surface area (Å²) in [4.78, 5) is 25.0. The second-order valence-corrected chi connectivity index (χ2v) is 4.87. The highest BCUT2D eigenvalue weighted by molar-refractivity contribution is 6.41. The van der Waals surface area contributed by atoms with Gasteiger partial charge < -0.3 is 4.74 Å². The maximum Gasteiger partial charge on any atom is 0.248 e. The lowest BCUT2D eigenvalue weighted by molar-refractivity contribution is -0.135. The highest BCUT2D eigenvalue weighted by atomic mass is 35.5. The number of benzene rings is 1. The third-order valence-corrected chi connectivity index (χ3v) is 4.05. The first-order valence-corrected chi connectivity index (χ1v) is 5.99. The number of amides is 1. The van der Waals surface area contributed by atoms with Crippen molar-refractivity contribution < 1.29 is 14.3 Å². The molecule has 0 radical (unpaired) electrons. The number of rotatable bonds is 3. The van der Waals surface area contributed by atoms with E-state index in [2.05, 4.69) is 0 Å². The number of carbonyl (C=O) groups is 2. The van der Waals surface area contributed by atoms with Crippen molar-refractivity contribution >= 4 is 29.0 Å². The summed E-state index contributed by atoms with van der Waals surface area (Å²) in [6, 6.07) is 6.96. The normalized spacial score (nSPS) is 26.8. The maximum absolute atomic E-state index is 11.8. The van der Waals surface area contributed by atoms with Gasteiger partial charge in [0.2, 0.25) is 5.91 Å². The molecule has 2 unspecified atom stereocenters. The fourth-order valence-electron chi connectivity index (χ4n) is 2.09. The van der Waals surface area contributed by atoms with E-state index in [-0.39, 0.29) is 11.7 Å². The van der Waals surface area contributed by atoms with Gasteiger partial charge in [0.25, 0.3) is 0 Å². The first kappa shape index (κ1) is 12.9. The van der Waals surface area contributed by atoms with Crippen LogP contribution in [0.3, 0.4) is 0 Å². The average molecular weight is 268 g/mol. The van der Waals surface area contributed by atoms with Crippen molar-refractivity contribution in [2.45, 2.75) is 24.8 Å². The topological polar surface area (TPSA) is 46.6 Å². The SMILES string of the molecule is COc1ccc(N2C(=O)C(Cl)C2(C)C(C)=O)cc1. The third-order valence-electron chi connectivity index (χ3n) is 3.44. The first-order valence-electron chi connectivity index (χ1n) is 5.56. The lowest BCUT2D eigenvalue weighted by Gasteiger charge is -2.51. The fourth-order valence-corrected chi connectivity index (χ4v) is 2.44. The molecule has 1 aromatic rings. The molecule has 4 nitrogen and oxygen atoms in total. The number of β-lactam (4-membered cyclic amide) rings is 1. The Kier molecular flexibility index (Phi) is 3.07.